The van der Waals surface area contributed by atoms with E-state index in [0.717, 1.165) is 19.3 Å². The van der Waals surface area contributed by atoms with Crippen LogP contribution in [0.5, 0.6) is 0 Å². The summed E-state index contributed by atoms with van der Waals surface area (Å²) in [6.45, 7) is 0.670. The minimum absolute atomic E-state index is 0.0197. The third kappa shape index (κ3) is 3.68. The van der Waals surface area contributed by atoms with Crippen LogP contribution in [-0.4, -0.2) is 41.7 Å². The highest BCUT2D eigenvalue weighted by Crippen LogP contribution is 2.24. The zero-order valence-electron chi connectivity index (χ0n) is 11.3. The second-order valence-corrected chi connectivity index (χ2v) is 5.06. The molecule has 110 valence electrons. The summed E-state index contributed by atoms with van der Waals surface area (Å²) in [4.78, 5) is 13.9. The minimum Gasteiger partial charge on any atom is -0.397 e. The third-order valence-electron chi connectivity index (χ3n) is 3.61. The van der Waals surface area contributed by atoms with Crippen LogP contribution in [0.1, 0.15) is 19.3 Å². The van der Waals surface area contributed by atoms with Crippen molar-refractivity contribution < 1.29 is 14.3 Å². The highest BCUT2D eigenvalue weighted by molar-refractivity contribution is 5.95. The molecule has 1 saturated carbocycles. The van der Waals surface area contributed by atoms with Gasteiger partial charge in [0.25, 0.3) is 0 Å². The van der Waals surface area contributed by atoms with Gasteiger partial charge in [-0.15, -0.1) is 0 Å². The summed E-state index contributed by atoms with van der Waals surface area (Å²) >= 11 is 0. The molecule has 0 unspecified atom stereocenters. The molecule has 20 heavy (non-hydrogen) atoms. The van der Waals surface area contributed by atoms with E-state index in [1.54, 1.807) is 0 Å². The van der Waals surface area contributed by atoms with Crippen molar-refractivity contribution in [2.45, 2.75) is 25.3 Å². The van der Waals surface area contributed by atoms with Crippen molar-refractivity contribution >= 4 is 17.3 Å². The average Bonchev–Trinajstić information content (AvgIpc) is 2.32. The first-order valence-electron chi connectivity index (χ1n) is 6.80. The molecule has 0 radical (unpaired) electrons. The highest BCUT2D eigenvalue weighted by atomic mass is 19.1. The van der Waals surface area contributed by atoms with E-state index in [4.69, 9.17) is 10.8 Å². The maximum atomic E-state index is 13.1. The van der Waals surface area contributed by atoms with Crippen LogP contribution in [0.2, 0.25) is 0 Å². The summed E-state index contributed by atoms with van der Waals surface area (Å²) in [5.41, 5.74) is 6.30. The Morgan fingerprint density at radius 1 is 1.50 bits per heavy atom. The van der Waals surface area contributed by atoms with Crippen molar-refractivity contribution in [1.29, 1.82) is 0 Å². The first kappa shape index (κ1) is 14.7. The van der Waals surface area contributed by atoms with E-state index in [-0.39, 0.29) is 24.7 Å². The maximum Gasteiger partial charge on any atom is 0.238 e. The Bertz CT molecular complexity index is 477. The molecule has 1 fully saturated rings. The van der Waals surface area contributed by atoms with Crippen molar-refractivity contribution in [2.75, 3.05) is 30.7 Å². The van der Waals surface area contributed by atoms with Crippen LogP contribution in [0.25, 0.3) is 0 Å². The molecule has 2 rings (SSSR count). The number of benzene rings is 1. The fourth-order valence-electron chi connectivity index (χ4n) is 2.28. The van der Waals surface area contributed by atoms with E-state index in [1.165, 1.54) is 18.2 Å². The van der Waals surface area contributed by atoms with E-state index in [9.17, 15) is 9.18 Å². The van der Waals surface area contributed by atoms with E-state index >= 15 is 0 Å². The molecule has 1 aromatic rings. The van der Waals surface area contributed by atoms with Gasteiger partial charge in [0, 0.05) is 12.6 Å². The average molecular weight is 281 g/mol. The van der Waals surface area contributed by atoms with E-state index in [2.05, 4.69) is 5.32 Å². The number of nitrogens with zero attached hydrogens (tertiary/aromatic N) is 1. The van der Waals surface area contributed by atoms with Crippen LogP contribution in [0.4, 0.5) is 15.8 Å². The number of nitrogens with two attached hydrogens (primary N) is 1. The molecule has 0 aromatic heterocycles. The van der Waals surface area contributed by atoms with Gasteiger partial charge >= 0.3 is 0 Å². The molecule has 1 amide bonds. The molecule has 6 heteroatoms. The molecule has 1 aliphatic carbocycles. The quantitative estimate of drug-likeness (QED) is 0.684. The van der Waals surface area contributed by atoms with Crippen LogP contribution in [0, 0.1) is 5.82 Å². The lowest BCUT2D eigenvalue weighted by atomic mass is 9.91. The lowest BCUT2D eigenvalue weighted by molar-refractivity contribution is -0.118. The van der Waals surface area contributed by atoms with Gasteiger partial charge in [-0.1, -0.05) is 6.42 Å². The van der Waals surface area contributed by atoms with Crippen molar-refractivity contribution in [3.63, 3.8) is 0 Å². The van der Waals surface area contributed by atoms with Crippen LogP contribution in [0.3, 0.4) is 0 Å². The van der Waals surface area contributed by atoms with Gasteiger partial charge in [-0.25, -0.2) is 4.39 Å². The first-order valence-corrected chi connectivity index (χ1v) is 6.80. The Kier molecular flexibility index (Phi) is 4.92. The number of nitrogen functional groups attached to an aromatic ring is 1. The monoisotopic (exact) mass is 281 g/mol. The van der Waals surface area contributed by atoms with E-state index < -0.39 is 5.82 Å². The van der Waals surface area contributed by atoms with Crippen LogP contribution >= 0.6 is 0 Å². The zero-order chi connectivity index (χ0) is 14.5. The number of hydrogen-bond donors (Lipinski definition) is 3. The van der Waals surface area contributed by atoms with Gasteiger partial charge in [0.05, 0.1) is 24.5 Å². The number of hydrogen-bond acceptors (Lipinski definition) is 4. The Morgan fingerprint density at radius 3 is 2.85 bits per heavy atom. The fraction of sp³-hybridized carbons (Fsp3) is 0.500. The number of aliphatic hydroxyl groups is 1. The smallest absolute Gasteiger partial charge is 0.238 e. The number of amides is 1. The Hall–Kier alpha value is -1.66. The highest BCUT2D eigenvalue weighted by Gasteiger charge is 2.26. The van der Waals surface area contributed by atoms with Gasteiger partial charge in [0.15, 0.2) is 0 Å². The second kappa shape index (κ2) is 6.67. The Balaban J connectivity index is 1.94. The number of rotatable bonds is 6. The zero-order valence-corrected chi connectivity index (χ0v) is 11.3. The largest absolute Gasteiger partial charge is 0.397 e. The van der Waals surface area contributed by atoms with Crippen molar-refractivity contribution in [2.24, 2.45) is 0 Å². The molecule has 5 nitrogen and oxygen atoms in total. The number of carbonyl (C=O) groups is 1. The topological polar surface area (TPSA) is 78.6 Å². The molecular formula is C14H20FN3O2. The Labute approximate surface area is 117 Å². The molecule has 0 spiro atoms. The minimum atomic E-state index is -0.444. The molecule has 0 aliphatic heterocycles. The molecule has 0 saturated heterocycles. The number of halogens is 1. The van der Waals surface area contributed by atoms with Gasteiger partial charge in [0.2, 0.25) is 5.91 Å². The van der Waals surface area contributed by atoms with Crippen molar-refractivity contribution in [3.05, 3.63) is 24.0 Å². The summed E-state index contributed by atoms with van der Waals surface area (Å²) in [5, 5.41) is 11.7. The summed E-state index contributed by atoms with van der Waals surface area (Å²) < 4.78 is 13.1. The molecular weight excluding hydrogens is 261 g/mol. The van der Waals surface area contributed by atoms with Gasteiger partial charge in [0.1, 0.15) is 5.82 Å². The van der Waals surface area contributed by atoms with Gasteiger partial charge in [-0.2, -0.15) is 0 Å². The summed E-state index contributed by atoms with van der Waals surface area (Å²) in [7, 11) is 0. The second-order valence-electron chi connectivity index (χ2n) is 5.06. The van der Waals surface area contributed by atoms with Crippen LogP contribution in [-0.2, 0) is 4.79 Å². The van der Waals surface area contributed by atoms with E-state index in [0.29, 0.717) is 18.3 Å². The van der Waals surface area contributed by atoms with Gasteiger partial charge < -0.3 is 16.2 Å². The van der Waals surface area contributed by atoms with Crippen molar-refractivity contribution in [3.8, 4) is 0 Å². The normalized spacial score (nSPS) is 15.2. The number of anilines is 2. The predicted octanol–water partition coefficient (Wildman–Crippen LogP) is 1.19. The predicted molar refractivity (Wildman–Crippen MR) is 75.7 cm³/mol. The van der Waals surface area contributed by atoms with Crippen LogP contribution in [0.15, 0.2) is 18.2 Å². The number of carbonyl (C=O) groups excluding carboxylic acids is 1. The van der Waals surface area contributed by atoms with Crippen molar-refractivity contribution in [1.82, 2.24) is 4.90 Å². The molecule has 0 bridgehead atoms. The fourth-order valence-corrected chi connectivity index (χ4v) is 2.28. The van der Waals surface area contributed by atoms with Crippen LogP contribution < -0.4 is 11.1 Å². The van der Waals surface area contributed by atoms with E-state index in [1.807, 2.05) is 4.90 Å². The number of aliphatic hydroxyl groups excluding tert-OH is 1. The molecule has 4 N–H and O–H groups in total. The summed E-state index contributed by atoms with van der Waals surface area (Å²) in [6, 6.07) is 4.23. The lowest BCUT2D eigenvalue weighted by Crippen LogP contribution is -2.45. The van der Waals surface area contributed by atoms with Gasteiger partial charge in [-0.05, 0) is 31.0 Å². The standard InChI is InChI=1S/C14H20FN3O2/c15-10-4-5-12(16)13(8-10)17-14(20)9-18(6-7-19)11-2-1-3-11/h4-5,8,11,19H,1-3,6-7,9,16H2,(H,17,20). The molecule has 0 atom stereocenters. The third-order valence-corrected chi connectivity index (χ3v) is 3.61. The molecule has 1 aromatic carbocycles. The summed E-state index contributed by atoms with van der Waals surface area (Å²) in [6.07, 6.45) is 3.26. The van der Waals surface area contributed by atoms with Gasteiger partial charge in [-0.3, -0.25) is 9.69 Å². The SMILES string of the molecule is Nc1ccc(F)cc1NC(=O)CN(CCO)C1CCC1. The lowest BCUT2D eigenvalue weighted by Gasteiger charge is -2.36. The number of nitrogens with one attached hydrogen (secondary N) is 1. The molecule has 0 heterocycles. The first-order chi connectivity index (χ1) is 9.60. The molecule has 1 aliphatic rings. The summed E-state index contributed by atoms with van der Waals surface area (Å²) in [5.74, 6) is -0.691. The Morgan fingerprint density at radius 2 is 2.25 bits per heavy atom. The maximum absolute atomic E-state index is 13.1.